The quantitative estimate of drug-likeness (QED) is 0.876. The molecule has 0 spiro atoms. The van der Waals surface area contributed by atoms with Gasteiger partial charge in [0, 0.05) is 40.4 Å². The highest BCUT2D eigenvalue weighted by Gasteiger charge is 2.35. The van der Waals surface area contributed by atoms with Crippen molar-refractivity contribution in [2.45, 2.75) is 32.0 Å². The highest BCUT2D eigenvalue weighted by Crippen LogP contribution is 2.29. The highest BCUT2D eigenvalue weighted by atomic mass is 79.9. The number of halogens is 1. The number of rotatable bonds is 3. The molecule has 0 radical (unpaired) electrons. The van der Waals surface area contributed by atoms with Crippen molar-refractivity contribution in [1.82, 2.24) is 10.2 Å². The van der Waals surface area contributed by atoms with Gasteiger partial charge in [0.15, 0.2) is 0 Å². The van der Waals surface area contributed by atoms with Crippen molar-refractivity contribution in [3.05, 3.63) is 56.7 Å². The minimum atomic E-state index is 0.0300. The number of hydrogen-bond donors (Lipinski definition) is 1. The maximum absolute atomic E-state index is 3.73. The van der Waals surface area contributed by atoms with Gasteiger partial charge in [-0.25, -0.2) is 0 Å². The molecule has 1 aliphatic heterocycles. The number of nitrogens with zero attached hydrogens (tertiary/aromatic N) is 1. The monoisotopic (exact) mass is 364 g/mol. The molecule has 2 heterocycles. The van der Waals surface area contributed by atoms with Gasteiger partial charge >= 0.3 is 0 Å². The Morgan fingerprint density at radius 2 is 2.14 bits per heavy atom. The molecule has 112 valence electrons. The van der Waals surface area contributed by atoms with Crippen LogP contribution in [-0.2, 0) is 12.1 Å². The zero-order valence-corrected chi connectivity index (χ0v) is 14.9. The Kier molecular flexibility index (Phi) is 4.50. The maximum atomic E-state index is 3.73. The Labute approximate surface area is 139 Å². The van der Waals surface area contributed by atoms with Gasteiger partial charge in [-0.1, -0.05) is 30.3 Å². The van der Waals surface area contributed by atoms with Crippen molar-refractivity contribution in [2.75, 3.05) is 13.1 Å². The Morgan fingerprint density at radius 1 is 1.38 bits per heavy atom. The summed E-state index contributed by atoms with van der Waals surface area (Å²) >= 11 is 5.38. The van der Waals surface area contributed by atoms with Gasteiger partial charge in [0.1, 0.15) is 0 Å². The summed E-state index contributed by atoms with van der Waals surface area (Å²) in [5.74, 6) is 0. The Hall–Kier alpha value is -0.680. The Morgan fingerprint density at radius 3 is 2.81 bits per heavy atom. The molecule has 1 fully saturated rings. The number of thiophene rings is 1. The van der Waals surface area contributed by atoms with Crippen LogP contribution in [0.5, 0.6) is 0 Å². The van der Waals surface area contributed by atoms with Crippen LogP contribution in [0.1, 0.15) is 24.3 Å². The van der Waals surface area contributed by atoms with Crippen molar-refractivity contribution in [2.24, 2.45) is 0 Å². The number of hydrogen-bond acceptors (Lipinski definition) is 3. The van der Waals surface area contributed by atoms with Crippen LogP contribution in [0.2, 0.25) is 0 Å². The molecule has 2 unspecified atom stereocenters. The summed E-state index contributed by atoms with van der Waals surface area (Å²) in [6.45, 7) is 7.71. The van der Waals surface area contributed by atoms with Crippen LogP contribution in [0.4, 0.5) is 0 Å². The molecule has 4 heteroatoms. The van der Waals surface area contributed by atoms with E-state index >= 15 is 0 Å². The lowest BCUT2D eigenvalue weighted by Gasteiger charge is -2.45. The lowest BCUT2D eigenvalue weighted by molar-refractivity contribution is 0.0887. The molecule has 21 heavy (non-hydrogen) atoms. The van der Waals surface area contributed by atoms with Gasteiger partial charge < -0.3 is 5.32 Å². The molecule has 0 amide bonds. The fourth-order valence-electron chi connectivity index (χ4n) is 2.97. The van der Waals surface area contributed by atoms with Crippen LogP contribution >= 0.6 is 27.3 Å². The number of piperazine rings is 1. The minimum Gasteiger partial charge on any atom is -0.305 e. The minimum absolute atomic E-state index is 0.0300. The van der Waals surface area contributed by atoms with Crippen LogP contribution in [0.3, 0.4) is 0 Å². The third-order valence-corrected chi connectivity index (χ3v) is 6.00. The lowest BCUT2D eigenvalue weighted by Crippen LogP contribution is -2.59. The zero-order chi connectivity index (χ0) is 14.9. The molecule has 2 aromatic rings. The molecule has 1 aromatic heterocycles. The molecule has 1 N–H and O–H groups in total. The first-order valence-corrected chi connectivity index (χ1v) is 9.02. The molecule has 2 nitrogen and oxygen atoms in total. The molecule has 1 aromatic carbocycles. The van der Waals surface area contributed by atoms with E-state index in [1.54, 1.807) is 0 Å². The first-order chi connectivity index (χ1) is 10.1. The van der Waals surface area contributed by atoms with E-state index in [1.807, 2.05) is 11.3 Å². The van der Waals surface area contributed by atoms with Crippen molar-refractivity contribution in [3.8, 4) is 0 Å². The van der Waals surface area contributed by atoms with E-state index in [1.165, 1.54) is 14.9 Å². The van der Waals surface area contributed by atoms with Crippen LogP contribution < -0.4 is 5.32 Å². The molecular formula is C17H21BrN2S. The van der Waals surface area contributed by atoms with E-state index in [4.69, 9.17) is 0 Å². The predicted octanol–water partition coefficient (Wildman–Crippen LogP) is 4.22. The largest absolute Gasteiger partial charge is 0.305 e. The van der Waals surface area contributed by atoms with Gasteiger partial charge in [0.05, 0.1) is 5.54 Å². The molecular weight excluding hydrogens is 344 g/mol. The summed E-state index contributed by atoms with van der Waals surface area (Å²) in [6.07, 6.45) is 0. The van der Waals surface area contributed by atoms with Crippen LogP contribution in [0.25, 0.3) is 0 Å². The SMILES string of the molecule is CC1CNC(C)(c2ccccc2)CN1Cc1cc(Br)cs1. The average molecular weight is 365 g/mol. The molecule has 0 bridgehead atoms. The van der Waals surface area contributed by atoms with Gasteiger partial charge in [-0.2, -0.15) is 0 Å². The smallest absolute Gasteiger partial charge is 0.0535 e. The van der Waals surface area contributed by atoms with Crippen molar-refractivity contribution < 1.29 is 0 Å². The highest BCUT2D eigenvalue weighted by molar-refractivity contribution is 9.10. The summed E-state index contributed by atoms with van der Waals surface area (Å²) < 4.78 is 1.19. The normalized spacial score (nSPS) is 26.9. The van der Waals surface area contributed by atoms with Crippen molar-refractivity contribution in [3.63, 3.8) is 0 Å². The van der Waals surface area contributed by atoms with Crippen LogP contribution in [-0.4, -0.2) is 24.0 Å². The number of nitrogens with one attached hydrogen (secondary N) is 1. The summed E-state index contributed by atoms with van der Waals surface area (Å²) in [4.78, 5) is 4.01. The van der Waals surface area contributed by atoms with Crippen molar-refractivity contribution in [1.29, 1.82) is 0 Å². The third kappa shape index (κ3) is 3.39. The van der Waals surface area contributed by atoms with E-state index in [2.05, 4.69) is 81.8 Å². The van der Waals surface area contributed by atoms with Gasteiger partial charge in [-0.3, -0.25) is 4.90 Å². The standard InChI is InChI=1S/C17H21BrN2S/c1-13-9-19-17(2,14-6-4-3-5-7-14)12-20(13)10-16-8-15(18)11-21-16/h3-8,11,13,19H,9-10,12H2,1-2H3. The van der Waals surface area contributed by atoms with Gasteiger partial charge in [-0.15, -0.1) is 11.3 Å². The molecule has 2 atom stereocenters. The van der Waals surface area contributed by atoms with E-state index in [0.717, 1.165) is 19.6 Å². The fraction of sp³-hybridized carbons (Fsp3) is 0.412. The topological polar surface area (TPSA) is 15.3 Å². The predicted molar refractivity (Wildman–Crippen MR) is 93.7 cm³/mol. The Balaban J connectivity index is 1.78. The van der Waals surface area contributed by atoms with Crippen LogP contribution in [0, 0.1) is 0 Å². The van der Waals surface area contributed by atoms with E-state index in [-0.39, 0.29) is 5.54 Å². The van der Waals surface area contributed by atoms with E-state index < -0.39 is 0 Å². The van der Waals surface area contributed by atoms with Gasteiger partial charge in [-0.05, 0) is 41.4 Å². The van der Waals surface area contributed by atoms with E-state index in [9.17, 15) is 0 Å². The average Bonchev–Trinajstić information content (AvgIpc) is 2.89. The third-order valence-electron chi connectivity index (χ3n) is 4.32. The van der Waals surface area contributed by atoms with Crippen LogP contribution in [0.15, 0.2) is 46.3 Å². The molecule has 1 aliphatic rings. The zero-order valence-electron chi connectivity index (χ0n) is 12.5. The lowest BCUT2D eigenvalue weighted by atomic mass is 9.88. The molecule has 1 saturated heterocycles. The summed E-state index contributed by atoms with van der Waals surface area (Å²) in [7, 11) is 0. The number of benzene rings is 1. The summed E-state index contributed by atoms with van der Waals surface area (Å²) in [6, 6.07) is 13.6. The van der Waals surface area contributed by atoms with E-state index in [0.29, 0.717) is 6.04 Å². The fourth-order valence-corrected chi connectivity index (χ4v) is 4.44. The summed E-state index contributed by atoms with van der Waals surface area (Å²) in [5, 5.41) is 5.90. The first kappa shape index (κ1) is 15.2. The Bertz CT molecular complexity index is 598. The molecule has 0 saturated carbocycles. The second-order valence-corrected chi connectivity index (χ2v) is 7.98. The van der Waals surface area contributed by atoms with Crippen molar-refractivity contribution >= 4 is 27.3 Å². The van der Waals surface area contributed by atoms with Gasteiger partial charge in [0.2, 0.25) is 0 Å². The molecule has 0 aliphatic carbocycles. The first-order valence-electron chi connectivity index (χ1n) is 7.34. The second-order valence-electron chi connectivity index (χ2n) is 6.06. The molecule has 3 rings (SSSR count). The summed E-state index contributed by atoms with van der Waals surface area (Å²) in [5.41, 5.74) is 1.40. The van der Waals surface area contributed by atoms with Gasteiger partial charge in [0.25, 0.3) is 0 Å². The second kappa shape index (κ2) is 6.21. The maximum Gasteiger partial charge on any atom is 0.0535 e.